The molecule has 1 saturated heterocycles. The number of rotatable bonds is 6. The number of carbonyl (C=O) groups is 1. The van der Waals surface area contributed by atoms with E-state index in [9.17, 15) is 13.2 Å². The molecule has 2 aromatic rings. The van der Waals surface area contributed by atoms with Crippen molar-refractivity contribution in [2.75, 3.05) is 25.0 Å². The monoisotopic (exact) mass is 490 g/mol. The molecule has 2 aromatic carbocycles. The number of nitrogens with zero attached hydrogens (tertiary/aromatic N) is 1. The number of hydrogen-bond donors (Lipinski definition) is 1. The van der Waals surface area contributed by atoms with E-state index in [1.165, 1.54) is 16.4 Å². The number of piperidine rings is 1. The normalized spacial score (nSPS) is 15.7. The molecule has 0 saturated carbocycles. The molecule has 0 aromatic heterocycles. The highest BCUT2D eigenvalue weighted by molar-refractivity contribution is 7.89. The molecule has 162 valence electrons. The largest absolute Gasteiger partial charge is 0.492 e. The van der Waals surface area contributed by atoms with E-state index >= 15 is 0 Å². The standard InChI is InChI=1S/C20H21Cl3N2O4S/c1-2-29-19-4-3-17(12-18(19)23)30(27,28)25-7-5-13(6-8-25)20(26)24-16-10-14(21)9-15(22)11-16/h3-4,9-13H,2,5-8H2,1H3,(H,24,26). The van der Waals surface area contributed by atoms with Crippen LogP contribution in [0.1, 0.15) is 19.8 Å². The molecule has 10 heteroatoms. The van der Waals surface area contributed by atoms with E-state index in [2.05, 4.69) is 5.32 Å². The van der Waals surface area contributed by atoms with E-state index < -0.39 is 10.0 Å². The van der Waals surface area contributed by atoms with Crippen LogP contribution in [0.15, 0.2) is 41.3 Å². The number of hydrogen-bond acceptors (Lipinski definition) is 4. The van der Waals surface area contributed by atoms with E-state index in [1.807, 2.05) is 6.92 Å². The van der Waals surface area contributed by atoms with Gasteiger partial charge in [-0.3, -0.25) is 4.79 Å². The Kier molecular flexibility index (Phi) is 7.52. The molecule has 3 rings (SSSR count). The van der Waals surface area contributed by atoms with E-state index in [0.29, 0.717) is 40.9 Å². The minimum atomic E-state index is -3.71. The van der Waals surface area contributed by atoms with Crippen LogP contribution in [-0.4, -0.2) is 38.3 Å². The lowest BCUT2D eigenvalue weighted by molar-refractivity contribution is -0.120. The van der Waals surface area contributed by atoms with Gasteiger partial charge in [0.25, 0.3) is 0 Å². The van der Waals surface area contributed by atoms with Gasteiger partial charge in [-0.25, -0.2) is 8.42 Å². The summed E-state index contributed by atoms with van der Waals surface area (Å²) in [6.45, 7) is 2.73. The van der Waals surface area contributed by atoms with Gasteiger partial charge in [-0.15, -0.1) is 0 Å². The van der Waals surface area contributed by atoms with Crippen LogP contribution >= 0.6 is 34.8 Å². The number of sulfonamides is 1. The highest BCUT2D eigenvalue weighted by Gasteiger charge is 2.32. The number of anilines is 1. The first-order valence-electron chi connectivity index (χ1n) is 9.40. The summed E-state index contributed by atoms with van der Waals surface area (Å²) in [5.74, 6) is -0.0535. The van der Waals surface area contributed by atoms with Crippen LogP contribution < -0.4 is 10.1 Å². The number of halogens is 3. The van der Waals surface area contributed by atoms with E-state index in [1.54, 1.807) is 24.3 Å². The maximum Gasteiger partial charge on any atom is 0.243 e. The second-order valence-corrected chi connectivity index (χ2v) is 10.1. The Hall–Kier alpha value is -1.51. The second kappa shape index (κ2) is 9.75. The van der Waals surface area contributed by atoms with Gasteiger partial charge in [0.2, 0.25) is 15.9 Å². The molecule has 1 amide bonds. The lowest BCUT2D eigenvalue weighted by Crippen LogP contribution is -2.41. The predicted octanol–water partition coefficient (Wildman–Crippen LogP) is 5.08. The summed E-state index contributed by atoms with van der Waals surface area (Å²) in [5, 5.41) is 3.89. The van der Waals surface area contributed by atoms with Crippen LogP contribution in [0.5, 0.6) is 5.75 Å². The molecule has 1 N–H and O–H groups in total. The molecule has 0 bridgehead atoms. The van der Waals surface area contributed by atoms with Gasteiger partial charge in [-0.1, -0.05) is 34.8 Å². The summed E-state index contributed by atoms with van der Waals surface area (Å²) in [6, 6.07) is 9.23. The van der Waals surface area contributed by atoms with Gasteiger partial charge in [-0.05, 0) is 56.2 Å². The van der Waals surface area contributed by atoms with E-state index in [0.717, 1.165) is 0 Å². The molecule has 0 radical (unpaired) electrons. The topological polar surface area (TPSA) is 75.7 Å². The Labute approximate surface area is 191 Å². The molecule has 6 nitrogen and oxygen atoms in total. The fourth-order valence-electron chi connectivity index (χ4n) is 3.29. The number of nitrogens with one attached hydrogen (secondary N) is 1. The van der Waals surface area contributed by atoms with Gasteiger partial charge in [0.1, 0.15) is 5.75 Å². The van der Waals surface area contributed by atoms with Crippen molar-refractivity contribution in [3.63, 3.8) is 0 Å². The summed E-state index contributed by atoms with van der Waals surface area (Å²) in [4.78, 5) is 12.7. The first-order valence-corrected chi connectivity index (χ1v) is 12.0. The van der Waals surface area contributed by atoms with Crippen LogP contribution in [0, 0.1) is 5.92 Å². The van der Waals surface area contributed by atoms with Gasteiger partial charge in [-0.2, -0.15) is 4.31 Å². The molecule has 1 aliphatic rings. The third-order valence-electron chi connectivity index (χ3n) is 4.80. The zero-order valence-corrected chi connectivity index (χ0v) is 19.3. The number of amides is 1. The van der Waals surface area contributed by atoms with Gasteiger partial charge < -0.3 is 10.1 Å². The number of carbonyl (C=O) groups excluding carboxylic acids is 1. The smallest absolute Gasteiger partial charge is 0.243 e. The molecule has 1 heterocycles. The number of ether oxygens (including phenoxy) is 1. The summed E-state index contributed by atoms with van der Waals surface area (Å²) in [5.41, 5.74) is 0.511. The van der Waals surface area contributed by atoms with Gasteiger partial charge in [0.15, 0.2) is 0 Å². The average molecular weight is 492 g/mol. The minimum absolute atomic E-state index is 0.104. The Bertz CT molecular complexity index is 1020. The van der Waals surface area contributed by atoms with Crippen LogP contribution in [0.4, 0.5) is 5.69 Å². The Morgan fingerprint density at radius 2 is 1.73 bits per heavy atom. The van der Waals surface area contributed by atoms with E-state index in [-0.39, 0.29) is 34.8 Å². The fraction of sp³-hybridized carbons (Fsp3) is 0.350. The Morgan fingerprint density at radius 3 is 2.30 bits per heavy atom. The summed E-state index contributed by atoms with van der Waals surface area (Å²) in [7, 11) is -3.71. The Morgan fingerprint density at radius 1 is 1.10 bits per heavy atom. The molecule has 30 heavy (non-hydrogen) atoms. The quantitative estimate of drug-likeness (QED) is 0.611. The second-order valence-electron chi connectivity index (χ2n) is 6.85. The maximum absolute atomic E-state index is 12.9. The first-order chi connectivity index (χ1) is 14.2. The lowest BCUT2D eigenvalue weighted by atomic mass is 9.97. The van der Waals surface area contributed by atoms with Crippen molar-refractivity contribution in [2.24, 2.45) is 5.92 Å². The van der Waals surface area contributed by atoms with Gasteiger partial charge >= 0.3 is 0 Å². The zero-order valence-electron chi connectivity index (χ0n) is 16.2. The highest BCUT2D eigenvalue weighted by atomic mass is 35.5. The van der Waals surface area contributed by atoms with Gasteiger partial charge in [0, 0.05) is 34.7 Å². The van der Waals surface area contributed by atoms with Crippen molar-refractivity contribution in [1.29, 1.82) is 0 Å². The van der Waals surface area contributed by atoms with Crippen molar-refractivity contribution in [3.05, 3.63) is 51.5 Å². The molecule has 0 spiro atoms. The number of benzene rings is 2. The molecule has 1 fully saturated rings. The van der Waals surface area contributed by atoms with Crippen LogP contribution in [-0.2, 0) is 14.8 Å². The summed E-state index contributed by atoms with van der Waals surface area (Å²) in [6.07, 6.45) is 0.814. The predicted molar refractivity (Wildman–Crippen MR) is 119 cm³/mol. The summed E-state index contributed by atoms with van der Waals surface area (Å²) < 4.78 is 32.6. The molecule has 0 aliphatic carbocycles. The minimum Gasteiger partial charge on any atom is -0.492 e. The lowest BCUT2D eigenvalue weighted by Gasteiger charge is -2.30. The molecule has 0 atom stereocenters. The maximum atomic E-state index is 12.9. The molecule has 1 aliphatic heterocycles. The van der Waals surface area contributed by atoms with E-state index in [4.69, 9.17) is 39.5 Å². The summed E-state index contributed by atoms with van der Waals surface area (Å²) >= 11 is 18.1. The van der Waals surface area contributed by atoms with Crippen LogP contribution in [0.2, 0.25) is 15.1 Å². The van der Waals surface area contributed by atoms with Gasteiger partial charge in [0.05, 0.1) is 16.5 Å². The molecule has 0 unspecified atom stereocenters. The first kappa shape index (κ1) is 23.2. The van der Waals surface area contributed by atoms with Crippen molar-refractivity contribution in [3.8, 4) is 5.75 Å². The highest BCUT2D eigenvalue weighted by Crippen LogP contribution is 2.31. The van der Waals surface area contributed by atoms with Crippen molar-refractivity contribution >= 4 is 56.4 Å². The van der Waals surface area contributed by atoms with Crippen LogP contribution in [0.25, 0.3) is 0 Å². The molecular formula is C20H21Cl3N2O4S. The average Bonchev–Trinajstić information content (AvgIpc) is 2.69. The molecular weight excluding hydrogens is 471 g/mol. The third-order valence-corrected chi connectivity index (χ3v) is 7.42. The van der Waals surface area contributed by atoms with Crippen LogP contribution in [0.3, 0.4) is 0 Å². The SMILES string of the molecule is CCOc1ccc(S(=O)(=O)N2CCC(C(=O)Nc3cc(Cl)cc(Cl)c3)CC2)cc1Cl. The van der Waals surface area contributed by atoms with Crippen molar-refractivity contribution < 1.29 is 17.9 Å². The van der Waals surface area contributed by atoms with Crippen molar-refractivity contribution in [1.82, 2.24) is 4.31 Å². The Balaban J connectivity index is 1.64. The zero-order chi connectivity index (χ0) is 21.9. The third kappa shape index (κ3) is 5.39. The fourth-order valence-corrected chi connectivity index (χ4v) is 5.61. The van der Waals surface area contributed by atoms with Crippen molar-refractivity contribution in [2.45, 2.75) is 24.7 Å².